The third-order valence-electron chi connectivity index (χ3n) is 4.27. The summed E-state index contributed by atoms with van der Waals surface area (Å²) < 4.78 is 3.71. The lowest BCUT2D eigenvalue weighted by atomic mass is 10.1. The Labute approximate surface area is 140 Å². The maximum atomic E-state index is 2.35. The number of aromatic nitrogens is 1. The van der Waals surface area contributed by atoms with Crippen LogP contribution in [0.3, 0.4) is 0 Å². The van der Waals surface area contributed by atoms with Gasteiger partial charge in [0.05, 0.1) is 0 Å². The molecule has 2 aromatic carbocycles. The highest BCUT2D eigenvalue weighted by Gasteiger charge is 2.07. The molecule has 2 aromatic heterocycles. The lowest BCUT2D eigenvalue weighted by Gasteiger charge is -2.11. The Morgan fingerprint density at radius 3 is 2.65 bits per heavy atom. The maximum Gasteiger partial charge on any atom is 0.0487 e. The fourth-order valence-electron chi connectivity index (χ4n) is 2.96. The van der Waals surface area contributed by atoms with Crippen LogP contribution in [0.1, 0.15) is 0 Å². The molecule has 0 saturated carbocycles. The number of hydrogen-bond donors (Lipinski definition) is 0. The Hall–Kier alpha value is -2.10. The van der Waals surface area contributed by atoms with E-state index in [1.54, 1.807) is 0 Å². The number of thiophene rings is 1. The van der Waals surface area contributed by atoms with Crippen molar-refractivity contribution in [1.29, 1.82) is 0 Å². The molecule has 23 heavy (non-hydrogen) atoms. The molecule has 116 valence electrons. The van der Waals surface area contributed by atoms with Crippen LogP contribution in [0, 0.1) is 0 Å². The monoisotopic (exact) mass is 320 g/mol. The first-order valence-corrected chi connectivity index (χ1v) is 8.75. The molecule has 0 saturated heterocycles. The van der Waals surface area contributed by atoms with Crippen molar-refractivity contribution in [2.45, 2.75) is 6.54 Å². The largest absolute Gasteiger partial charge is 0.346 e. The molecule has 0 radical (unpaired) electrons. The Kier molecular flexibility index (Phi) is 3.68. The van der Waals surface area contributed by atoms with Crippen LogP contribution in [0.15, 0.2) is 60.8 Å². The van der Waals surface area contributed by atoms with Crippen LogP contribution in [0.25, 0.3) is 31.4 Å². The summed E-state index contributed by atoms with van der Waals surface area (Å²) in [6.45, 7) is 2.07. The molecule has 2 nitrogen and oxygen atoms in total. The van der Waals surface area contributed by atoms with Crippen LogP contribution in [0.2, 0.25) is 0 Å². The Balaban J connectivity index is 1.76. The van der Waals surface area contributed by atoms with Gasteiger partial charge in [0.25, 0.3) is 0 Å². The van der Waals surface area contributed by atoms with Crippen LogP contribution >= 0.6 is 11.3 Å². The Morgan fingerprint density at radius 1 is 0.957 bits per heavy atom. The fourth-order valence-corrected chi connectivity index (χ4v) is 4.02. The normalized spacial score (nSPS) is 11.8. The molecule has 0 spiro atoms. The van der Waals surface area contributed by atoms with Crippen LogP contribution in [0.5, 0.6) is 0 Å². The van der Waals surface area contributed by atoms with Crippen molar-refractivity contribution < 1.29 is 0 Å². The van der Waals surface area contributed by atoms with Gasteiger partial charge in [-0.05, 0) is 54.7 Å². The number of nitrogens with zero attached hydrogens (tertiary/aromatic N) is 2. The minimum atomic E-state index is 1.02. The molecule has 4 aromatic rings. The lowest BCUT2D eigenvalue weighted by molar-refractivity contribution is 0.387. The number of hydrogen-bond acceptors (Lipinski definition) is 2. The van der Waals surface area contributed by atoms with E-state index in [0.29, 0.717) is 0 Å². The van der Waals surface area contributed by atoms with Crippen molar-refractivity contribution in [3.8, 4) is 10.4 Å². The van der Waals surface area contributed by atoms with E-state index < -0.39 is 0 Å². The van der Waals surface area contributed by atoms with Crippen molar-refractivity contribution in [1.82, 2.24) is 9.47 Å². The van der Waals surface area contributed by atoms with Gasteiger partial charge in [0.1, 0.15) is 0 Å². The molecule has 4 rings (SSSR count). The number of likely N-dealkylation sites (N-methyl/N-ethyl adjacent to an activating group) is 1. The molecular formula is C20H20N2S. The third-order valence-corrected chi connectivity index (χ3v) is 5.44. The smallest absolute Gasteiger partial charge is 0.0487 e. The van der Waals surface area contributed by atoms with Gasteiger partial charge in [-0.25, -0.2) is 0 Å². The van der Waals surface area contributed by atoms with Gasteiger partial charge in [-0.1, -0.05) is 30.3 Å². The molecule has 2 heterocycles. The zero-order valence-electron chi connectivity index (χ0n) is 13.5. The van der Waals surface area contributed by atoms with Gasteiger partial charge < -0.3 is 9.47 Å². The van der Waals surface area contributed by atoms with E-state index in [-0.39, 0.29) is 0 Å². The van der Waals surface area contributed by atoms with Crippen LogP contribution < -0.4 is 0 Å². The van der Waals surface area contributed by atoms with E-state index in [2.05, 4.69) is 84.4 Å². The summed E-state index contributed by atoms with van der Waals surface area (Å²) in [7, 11) is 4.24. The average molecular weight is 320 g/mol. The molecule has 0 unspecified atom stereocenters. The zero-order chi connectivity index (χ0) is 15.8. The highest BCUT2D eigenvalue weighted by atomic mass is 32.1. The van der Waals surface area contributed by atoms with Gasteiger partial charge in [-0.2, -0.15) is 0 Å². The number of fused-ring (bicyclic) bond motifs is 2. The quantitative estimate of drug-likeness (QED) is 0.509. The summed E-state index contributed by atoms with van der Waals surface area (Å²) in [4.78, 5) is 3.57. The summed E-state index contributed by atoms with van der Waals surface area (Å²) >= 11 is 1.87. The predicted molar refractivity (Wildman–Crippen MR) is 101 cm³/mol. The average Bonchev–Trinajstić information content (AvgIpc) is 3.16. The maximum absolute atomic E-state index is 2.35. The van der Waals surface area contributed by atoms with Crippen molar-refractivity contribution in [3.05, 3.63) is 60.8 Å². The highest BCUT2D eigenvalue weighted by molar-refractivity contribution is 7.22. The van der Waals surface area contributed by atoms with Gasteiger partial charge in [-0.15, -0.1) is 11.3 Å². The standard InChI is InChI=1S/C20H20N2S/c1-21(2)11-12-22-10-9-15-7-8-17(13-18(15)22)20-14-16-5-3-4-6-19(16)23-20/h3-10,13-14H,11-12H2,1-2H3. The van der Waals surface area contributed by atoms with Gasteiger partial charge in [-0.3, -0.25) is 0 Å². The molecule has 0 atom stereocenters. The van der Waals surface area contributed by atoms with Crippen LogP contribution in [-0.4, -0.2) is 30.1 Å². The topological polar surface area (TPSA) is 8.17 Å². The predicted octanol–water partition coefficient (Wildman–Crippen LogP) is 5.08. The fraction of sp³-hybridized carbons (Fsp3) is 0.200. The molecule has 0 amide bonds. The lowest BCUT2D eigenvalue weighted by Crippen LogP contribution is -2.17. The first kappa shape index (κ1) is 14.5. The van der Waals surface area contributed by atoms with E-state index in [1.807, 2.05) is 11.3 Å². The minimum Gasteiger partial charge on any atom is -0.346 e. The Morgan fingerprint density at radius 2 is 1.83 bits per heavy atom. The second-order valence-electron chi connectivity index (χ2n) is 6.23. The summed E-state index contributed by atoms with van der Waals surface area (Å²) in [5, 5.41) is 2.64. The van der Waals surface area contributed by atoms with Crippen LogP contribution in [-0.2, 0) is 6.54 Å². The summed E-state index contributed by atoms with van der Waals surface area (Å²) in [5.74, 6) is 0. The van der Waals surface area contributed by atoms with Crippen LogP contribution in [0.4, 0.5) is 0 Å². The second-order valence-corrected chi connectivity index (χ2v) is 7.32. The van der Waals surface area contributed by atoms with Gasteiger partial charge in [0, 0.05) is 34.4 Å². The Bertz CT molecular complexity index is 929. The third kappa shape index (κ3) is 2.78. The van der Waals surface area contributed by atoms with E-state index in [4.69, 9.17) is 0 Å². The molecule has 0 aliphatic carbocycles. The van der Waals surface area contributed by atoms with Crippen molar-refractivity contribution in [2.24, 2.45) is 0 Å². The summed E-state index contributed by atoms with van der Waals surface area (Å²) in [6.07, 6.45) is 2.20. The molecule has 0 N–H and O–H groups in total. The highest BCUT2D eigenvalue weighted by Crippen LogP contribution is 2.34. The molecule has 0 fully saturated rings. The first-order chi connectivity index (χ1) is 11.2. The van der Waals surface area contributed by atoms with Crippen molar-refractivity contribution in [3.63, 3.8) is 0 Å². The summed E-state index contributed by atoms with van der Waals surface area (Å²) in [5.41, 5.74) is 2.63. The van der Waals surface area contributed by atoms with Crippen molar-refractivity contribution >= 4 is 32.3 Å². The SMILES string of the molecule is CN(C)CCn1ccc2ccc(-c3cc4ccccc4s3)cc21. The zero-order valence-corrected chi connectivity index (χ0v) is 14.3. The number of benzene rings is 2. The summed E-state index contributed by atoms with van der Waals surface area (Å²) in [6, 6.07) is 19.9. The van der Waals surface area contributed by atoms with E-state index in [1.165, 1.54) is 31.4 Å². The van der Waals surface area contributed by atoms with E-state index >= 15 is 0 Å². The number of rotatable bonds is 4. The van der Waals surface area contributed by atoms with Crippen molar-refractivity contribution in [2.75, 3.05) is 20.6 Å². The van der Waals surface area contributed by atoms with E-state index in [9.17, 15) is 0 Å². The molecule has 0 aliphatic rings. The molecule has 0 bridgehead atoms. The van der Waals surface area contributed by atoms with Gasteiger partial charge in [0.2, 0.25) is 0 Å². The minimum absolute atomic E-state index is 1.02. The first-order valence-electron chi connectivity index (χ1n) is 7.93. The molecule has 0 aliphatic heterocycles. The van der Waals surface area contributed by atoms with Gasteiger partial charge >= 0.3 is 0 Å². The molecule has 3 heteroatoms. The second kappa shape index (κ2) is 5.84. The van der Waals surface area contributed by atoms with Gasteiger partial charge in [0.15, 0.2) is 0 Å². The van der Waals surface area contributed by atoms with E-state index in [0.717, 1.165) is 13.1 Å². The molecular weight excluding hydrogens is 300 g/mol.